The molecule has 19 heavy (non-hydrogen) atoms. The SMILES string of the molecule is CCC(CC)N(CCOC)c1nccnc1C(=O)O. The van der Waals surface area contributed by atoms with Crippen molar-refractivity contribution in [2.75, 3.05) is 25.2 Å². The first-order valence-corrected chi connectivity index (χ1v) is 6.45. The molecular weight excluding hydrogens is 246 g/mol. The number of methoxy groups -OCH3 is 1. The average Bonchev–Trinajstić information content (AvgIpc) is 2.43. The van der Waals surface area contributed by atoms with Gasteiger partial charge in [-0.3, -0.25) is 0 Å². The molecule has 0 aliphatic rings. The van der Waals surface area contributed by atoms with Crippen molar-refractivity contribution in [3.05, 3.63) is 18.1 Å². The van der Waals surface area contributed by atoms with Crippen molar-refractivity contribution in [2.45, 2.75) is 32.7 Å². The third-order valence-corrected chi connectivity index (χ3v) is 3.07. The molecule has 0 atom stereocenters. The summed E-state index contributed by atoms with van der Waals surface area (Å²) in [7, 11) is 1.62. The Morgan fingerprint density at radius 1 is 1.37 bits per heavy atom. The van der Waals surface area contributed by atoms with E-state index in [0.717, 1.165) is 12.8 Å². The second-order valence-electron chi connectivity index (χ2n) is 4.19. The maximum absolute atomic E-state index is 11.2. The van der Waals surface area contributed by atoms with Crippen molar-refractivity contribution in [3.63, 3.8) is 0 Å². The number of aromatic carboxylic acids is 1. The van der Waals surface area contributed by atoms with Gasteiger partial charge in [0.2, 0.25) is 0 Å². The van der Waals surface area contributed by atoms with Crippen LogP contribution in [0.15, 0.2) is 12.4 Å². The van der Waals surface area contributed by atoms with Gasteiger partial charge in [0.1, 0.15) is 0 Å². The van der Waals surface area contributed by atoms with E-state index in [4.69, 9.17) is 4.74 Å². The van der Waals surface area contributed by atoms with Gasteiger partial charge in [-0.05, 0) is 12.8 Å². The predicted molar refractivity (Wildman–Crippen MR) is 72.6 cm³/mol. The number of anilines is 1. The summed E-state index contributed by atoms with van der Waals surface area (Å²) in [6.45, 7) is 5.27. The fraction of sp³-hybridized carbons (Fsp3) is 0.615. The smallest absolute Gasteiger partial charge is 0.358 e. The van der Waals surface area contributed by atoms with Gasteiger partial charge in [0.25, 0.3) is 0 Å². The second-order valence-corrected chi connectivity index (χ2v) is 4.19. The Hall–Kier alpha value is -1.69. The first-order valence-electron chi connectivity index (χ1n) is 6.45. The number of hydrogen-bond acceptors (Lipinski definition) is 5. The molecule has 0 fully saturated rings. The van der Waals surface area contributed by atoms with Gasteiger partial charge >= 0.3 is 5.97 Å². The van der Waals surface area contributed by atoms with Crippen LogP contribution in [0.5, 0.6) is 0 Å². The van der Waals surface area contributed by atoms with Crippen LogP contribution in [-0.2, 0) is 4.74 Å². The third kappa shape index (κ3) is 3.89. The van der Waals surface area contributed by atoms with Crippen LogP contribution < -0.4 is 4.90 Å². The number of hydrogen-bond donors (Lipinski definition) is 1. The van der Waals surface area contributed by atoms with E-state index in [9.17, 15) is 9.90 Å². The predicted octanol–water partition coefficient (Wildman–Crippen LogP) is 1.82. The topological polar surface area (TPSA) is 75.5 Å². The van der Waals surface area contributed by atoms with Crippen LogP contribution in [0.3, 0.4) is 0 Å². The standard InChI is InChI=1S/C13H21N3O3/c1-4-10(5-2)16(8-9-19-3)12-11(13(17)18)14-6-7-15-12/h6-7,10H,4-5,8-9H2,1-3H3,(H,17,18). The van der Waals surface area contributed by atoms with Crippen LogP contribution in [0.4, 0.5) is 5.82 Å². The minimum atomic E-state index is -1.06. The van der Waals surface area contributed by atoms with Crippen molar-refractivity contribution in [1.82, 2.24) is 9.97 Å². The van der Waals surface area contributed by atoms with Crippen LogP contribution >= 0.6 is 0 Å². The fourth-order valence-corrected chi connectivity index (χ4v) is 2.07. The molecule has 0 aliphatic heterocycles. The summed E-state index contributed by atoms with van der Waals surface area (Å²) in [5.41, 5.74) is -0.00879. The van der Waals surface area contributed by atoms with E-state index in [2.05, 4.69) is 23.8 Å². The Labute approximate surface area is 113 Å². The highest BCUT2D eigenvalue weighted by Gasteiger charge is 2.23. The summed E-state index contributed by atoms with van der Waals surface area (Å²) in [6, 6.07) is 0.227. The molecule has 0 aliphatic carbocycles. The Morgan fingerprint density at radius 3 is 2.53 bits per heavy atom. The largest absolute Gasteiger partial charge is 0.476 e. The minimum absolute atomic E-state index is 0.00879. The summed E-state index contributed by atoms with van der Waals surface area (Å²) >= 11 is 0. The maximum atomic E-state index is 11.2. The van der Waals surface area contributed by atoms with Gasteiger partial charge in [0.05, 0.1) is 6.61 Å². The molecule has 0 amide bonds. The molecule has 0 saturated heterocycles. The van der Waals surface area contributed by atoms with Gasteiger partial charge < -0.3 is 14.7 Å². The molecule has 106 valence electrons. The highest BCUT2D eigenvalue weighted by Crippen LogP contribution is 2.20. The van der Waals surface area contributed by atoms with Crippen molar-refractivity contribution >= 4 is 11.8 Å². The molecule has 1 N–H and O–H groups in total. The Balaban J connectivity index is 3.12. The van der Waals surface area contributed by atoms with E-state index in [-0.39, 0.29) is 11.7 Å². The number of aromatic nitrogens is 2. The first kappa shape index (κ1) is 15.4. The number of rotatable bonds is 8. The molecule has 0 radical (unpaired) electrons. The van der Waals surface area contributed by atoms with Crippen LogP contribution in [0.2, 0.25) is 0 Å². The quantitative estimate of drug-likeness (QED) is 0.774. The molecule has 0 bridgehead atoms. The number of carbonyl (C=O) groups is 1. The normalized spacial score (nSPS) is 10.7. The number of carboxylic acids is 1. The van der Waals surface area contributed by atoms with Crippen LogP contribution in [-0.4, -0.2) is 47.3 Å². The Kier molecular flexibility index (Phi) is 6.21. The van der Waals surface area contributed by atoms with Gasteiger partial charge in [-0.2, -0.15) is 0 Å². The molecule has 0 spiro atoms. The zero-order valence-electron chi connectivity index (χ0n) is 11.7. The molecule has 1 rings (SSSR count). The van der Waals surface area contributed by atoms with Gasteiger partial charge in [0.15, 0.2) is 11.5 Å². The van der Waals surface area contributed by atoms with E-state index in [1.165, 1.54) is 12.4 Å². The van der Waals surface area contributed by atoms with Gasteiger partial charge in [-0.25, -0.2) is 14.8 Å². The Morgan fingerprint density at radius 2 is 2.00 bits per heavy atom. The van der Waals surface area contributed by atoms with E-state index < -0.39 is 5.97 Å². The maximum Gasteiger partial charge on any atom is 0.358 e. The number of nitrogens with zero attached hydrogens (tertiary/aromatic N) is 3. The van der Waals surface area contributed by atoms with E-state index in [1.807, 2.05) is 4.90 Å². The number of ether oxygens (including phenoxy) is 1. The minimum Gasteiger partial charge on any atom is -0.476 e. The van der Waals surface area contributed by atoms with Crippen LogP contribution in [0, 0.1) is 0 Å². The zero-order chi connectivity index (χ0) is 14.3. The molecular formula is C13H21N3O3. The molecule has 6 nitrogen and oxygen atoms in total. The van der Waals surface area contributed by atoms with Crippen molar-refractivity contribution < 1.29 is 14.6 Å². The lowest BCUT2D eigenvalue weighted by molar-refractivity contribution is 0.0690. The molecule has 1 aromatic heterocycles. The highest BCUT2D eigenvalue weighted by atomic mass is 16.5. The Bertz CT molecular complexity index is 408. The van der Waals surface area contributed by atoms with E-state index in [0.29, 0.717) is 19.0 Å². The average molecular weight is 267 g/mol. The molecule has 6 heteroatoms. The van der Waals surface area contributed by atoms with Crippen LogP contribution in [0.1, 0.15) is 37.2 Å². The monoisotopic (exact) mass is 267 g/mol. The summed E-state index contributed by atoms with van der Waals surface area (Å²) in [5, 5.41) is 9.21. The summed E-state index contributed by atoms with van der Waals surface area (Å²) in [6.07, 6.45) is 4.74. The van der Waals surface area contributed by atoms with E-state index >= 15 is 0 Å². The van der Waals surface area contributed by atoms with Gasteiger partial charge in [0, 0.05) is 32.1 Å². The van der Waals surface area contributed by atoms with Gasteiger partial charge in [-0.15, -0.1) is 0 Å². The van der Waals surface area contributed by atoms with E-state index in [1.54, 1.807) is 7.11 Å². The summed E-state index contributed by atoms with van der Waals surface area (Å²) < 4.78 is 5.10. The molecule has 0 saturated carbocycles. The lowest BCUT2D eigenvalue weighted by Gasteiger charge is -2.31. The molecule has 1 aromatic rings. The van der Waals surface area contributed by atoms with Crippen LogP contribution in [0.25, 0.3) is 0 Å². The third-order valence-electron chi connectivity index (χ3n) is 3.07. The fourth-order valence-electron chi connectivity index (χ4n) is 2.07. The lowest BCUT2D eigenvalue weighted by Crippen LogP contribution is -2.39. The van der Waals surface area contributed by atoms with Crippen molar-refractivity contribution in [2.24, 2.45) is 0 Å². The molecule has 0 aromatic carbocycles. The number of carboxylic acid groups (broad SMARTS) is 1. The molecule has 0 unspecified atom stereocenters. The van der Waals surface area contributed by atoms with Gasteiger partial charge in [-0.1, -0.05) is 13.8 Å². The molecule has 1 heterocycles. The summed E-state index contributed by atoms with van der Waals surface area (Å²) in [5.74, 6) is -0.641. The van der Waals surface area contributed by atoms with Crippen molar-refractivity contribution in [1.29, 1.82) is 0 Å². The summed E-state index contributed by atoms with van der Waals surface area (Å²) in [4.78, 5) is 21.3. The zero-order valence-corrected chi connectivity index (χ0v) is 11.7. The lowest BCUT2D eigenvalue weighted by atomic mass is 10.1. The first-order chi connectivity index (χ1) is 9.15. The highest BCUT2D eigenvalue weighted by molar-refractivity contribution is 5.91. The second kappa shape index (κ2) is 7.68. The van der Waals surface area contributed by atoms with Crippen molar-refractivity contribution in [3.8, 4) is 0 Å².